The zero-order chi connectivity index (χ0) is 11.9. The van der Waals surface area contributed by atoms with Gasteiger partial charge in [0, 0.05) is 27.9 Å². The Bertz CT molecular complexity index is 174. The topological polar surface area (TPSA) is 49.5 Å². The van der Waals surface area contributed by atoms with Crippen molar-refractivity contribution in [2.45, 2.75) is 31.8 Å². The van der Waals surface area contributed by atoms with Crippen LogP contribution in [0.2, 0.25) is 0 Å². The van der Waals surface area contributed by atoms with Crippen LogP contribution < -0.4 is 0 Å². The third-order valence-electron chi connectivity index (χ3n) is 2.60. The standard InChI is InChI=1S/C10H22O5Si/c1-11-16(12-2,13-3)15-8-6-4-5-7-10-9-14-10/h10H,4-9H2,1-3H3. The van der Waals surface area contributed by atoms with E-state index in [1.807, 2.05) is 0 Å². The number of unbranched alkanes of at least 4 members (excludes halogenated alkanes) is 2. The molecule has 0 spiro atoms. The van der Waals surface area contributed by atoms with Crippen molar-refractivity contribution in [3.05, 3.63) is 0 Å². The first-order valence-electron chi connectivity index (χ1n) is 5.67. The van der Waals surface area contributed by atoms with Crippen molar-refractivity contribution in [2.24, 2.45) is 0 Å². The summed E-state index contributed by atoms with van der Waals surface area (Å²) in [7, 11) is 1.82. The maximum absolute atomic E-state index is 5.54. The van der Waals surface area contributed by atoms with Gasteiger partial charge in [0.15, 0.2) is 0 Å². The van der Waals surface area contributed by atoms with Gasteiger partial charge < -0.3 is 22.4 Å². The van der Waals surface area contributed by atoms with Gasteiger partial charge in [-0.05, 0) is 12.8 Å². The summed E-state index contributed by atoms with van der Waals surface area (Å²) in [5.41, 5.74) is 0. The van der Waals surface area contributed by atoms with Crippen molar-refractivity contribution in [1.29, 1.82) is 0 Å². The van der Waals surface area contributed by atoms with Crippen molar-refractivity contribution in [3.63, 3.8) is 0 Å². The Morgan fingerprint density at radius 1 is 1.06 bits per heavy atom. The van der Waals surface area contributed by atoms with Crippen LogP contribution in [0.25, 0.3) is 0 Å². The van der Waals surface area contributed by atoms with Crippen LogP contribution in [-0.4, -0.2) is 49.7 Å². The first kappa shape index (κ1) is 14.1. The number of epoxide rings is 1. The average molecular weight is 250 g/mol. The number of hydrogen-bond donors (Lipinski definition) is 0. The Balaban J connectivity index is 1.98. The second kappa shape index (κ2) is 7.36. The average Bonchev–Trinajstić information content (AvgIpc) is 3.13. The molecule has 0 bridgehead atoms. The largest absolute Gasteiger partial charge is 0.678 e. The van der Waals surface area contributed by atoms with E-state index >= 15 is 0 Å². The Labute approximate surface area is 98.5 Å². The molecule has 1 aliphatic rings. The number of hydrogen-bond acceptors (Lipinski definition) is 5. The number of rotatable bonds is 10. The SMILES string of the molecule is CO[Si](OC)(OC)OCCCCCC1CO1. The van der Waals surface area contributed by atoms with Gasteiger partial charge in [-0.15, -0.1) is 0 Å². The summed E-state index contributed by atoms with van der Waals surface area (Å²) in [5.74, 6) is 0. The van der Waals surface area contributed by atoms with Crippen LogP contribution in [0.3, 0.4) is 0 Å². The minimum Gasteiger partial charge on any atom is -0.373 e. The molecule has 5 nitrogen and oxygen atoms in total. The molecule has 0 aliphatic carbocycles. The van der Waals surface area contributed by atoms with E-state index in [2.05, 4.69) is 0 Å². The highest BCUT2D eigenvalue weighted by Gasteiger charge is 2.41. The summed E-state index contributed by atoms with van der Waals surface area (Å²) in [6.07, 6.45) is 5.03. The second-order valence-electron chi connectivity index (χ2n) is 3.77. The van der Waals surface area contributed by atoms with E-state index in [1.165, 1.54) is 12.8 Å². The smallest absolute Gasteiger partial charge is 0.373 e. The molecule has 0 aromatic carbocycles. The molecule has 1 heterocycles. The van der Waals surface area contributed by atoms with Gasteiger partial charge in [-0.3, -0.25) is 0 Å². The van der Waals surface area contributed by atoms with Gasteiger partial charge in [0.25, 0.3) is 0 Å². The zero-order valence-electron chi connectivity index (χ0n) is 10.4. The van der Waals surface area contributed by atoms with E-state index in [1.54, 1.807) is 21.3 Å². The summed E-state index contributed by atoms with van der Waals surface area (Å²) in [6.45, 7) is 1.57. The molecule has 1 fully saturated rings. The molecule has 96 valence electrons. The second-order valence-corrected chi connectivity index (χ2v) is 6.28. The molecule has 0 radical (unpaired) electrons. The van der Waals surface area contributed by atoms with Crippen LogP contribution in [0.5, 0.6) is 0 Å². The molecule has 16 heavy (non-hydrogen) atoms. The molecule has 1 rings (SSSR count). The monoisotopic (exact) mass is 250 g/mol. The van der Waals surface area contributed by atoms with Crippen molar-refractivity contribution in [2.75, 3.05) is 34.5 Å². The van der Waals surface area contributed by atoms with Crippen LogP contribution in [-0.2, 0) is 22.4 Å². The summed E-state index contributed by atoms with van der Waals surface area (Å²) < 4.78 is 26.1. The molecule has 1 unspecified atom stereocenters. The Morgan fingerprint density at radius 2 is 1.69 bits per heavy atom. The molecule has 6 heteroatoms. The van der Waals surface area contributed by atoms with Gasteiger partial charge in [0.1, 0.15) is 0 Å². The predicted molar refractivity (Wildman–Crippen MR) is 60.9 cm³/mol. The van der Waals surface area contributed by atoms with E-state index in [0.29, 0.717) is 12.7 Å². The summed E-state index contributed by atoms with van der Waals surface area (Å²) in [4.78, 5) is 0. The first-order valence-corrected chi connectivity index (χ1v) is 7.30. The van der Waals surface area contributed by atoms with E-state index in [9.17, 15) is 0 Å². The maximum atomic E-state index is 5.54. The first-order chi connectivity index (χ1) is 7.76. The quantitative estimate of drug-likeness (QED) is 0.333. The van der Waals surface area contributed by atoms with Crippen LogP contribution >= 0.6 is 0 Å². The predicted octanol–water partition coefficient (Wildman–Crippen LogP) is 1.34. The van der Waals surface area contributed by atoms with Crippen LogP contribution in [0.1, 0.15) is 25.7 Å². The van der Waals surface area contributed by atoms with Crippen molar-refractivity contribution in [1.82, 2.24) is 0 Å². The van der Waals surface area contributed by atoms with Crippen LogP contribution in [0, 0.1) is 0 Å². The summed E-state index contributed by atoms with van der Waals surface area (Å²) >= 11 is 0. The van der Waals surface area contributed by atoms with Crippen LogP contribution in [0.4, 0.5) is 0 Å². The Morgan fingerprint density at radius 3 is 2.19 bits per heavy atom. The van der Waals surface area contributed by atoms with Crippen molar-refractivity contribution < 1.29 is 22.4 Å². The lowest BCUT2D eigenvalue weighted by Gasteiger charge is -2.22. The normalized spacial score (nSPS) is 20.1. The fourth-order valence-corrected chi connectivity index (χ4v) is 2.76. The van der Waals surface area contributed by atoms with E-state index < -0.39 is 9.05 Å². The lowest BCUT2D eigenvalue weighted by atomic mass is 10.2. The van der Waals surface area contributed by atoms with Gasteiger partial charge in [0.2, 0.25) is 0 Å². The van der Waals surface area contributed by atoms with Crippen LogP contribution in [0.15, 0.2) is 0 Å². The molecule has 0 aromatic heterocycles. The molecule has 0 amide bonds. The van der Waals surface area contributed by atoms with Gasteiger partial charge in [-0.2, -0.15) is 0 Å². The Hall–Kier alpha value is 0.0169. The van der Waals surface area contributed by atoms with Gasteiger partial charge in [-0.25, -0.2) is 0 Å². The molecule has 1 saturated heterocycles. The molecule has 0 saturated carbocycles. The highest BCUT2D eigenvalue weighted by atomic mass is 28.4. The third-order valence-corrected chi connectivity index (χ3v) is 4.66. The highest BCUT2D eigenvalue weighted by molar-refractivity contribution is 6.53. The van der Waals surface area contributed by atoms with E-state index in [-0.39, 0.29) is 0 Å². The molecule has 1 aliphatic heterocycles. The lowest BCUT2D eigenvalue weighted by Crippen LogP contribution is -2.46. The molecule has 1 atom stereocenters. The van der Waals surface area contributed by atoms with E-state index in [0.717, 1.165) is 19.4 Å². The molecule has 0 N–H and O–H groups in total. The summed E-state index contributed by atoms with van der Waals surface area (Å²) in [5, 5.41) is 0. The van der Waals surface area contributed by atoms with E-state index in [4.69, 9.17) is 22.4 Å². The molecule has 0 aromatic rings. The Kier molecular flexibility index (Phi) is 6.48. The van der Waals surface area contributed by atoms with Crippen molar-refractivity contribution in [3.8, 4) is 0 Å². The minimum atomic E-state index is -2.81. The minimum absolute atomic E-state index is 0.534. The van der Waals surface area contributed by atoms with Gasteiger partial charge in [-0.1, -0.05) is 12.8 Å². The fraction of sp³-hybridized carbons (Fsp3) is 1.00. The fourth-order valence-electron chi connectivity index (χ4n) is 1.51. The van der Waals surface area contributed by atoms with Gasteiger partial charge in [0.05, 0.1) is 12.7 Å². The molecular weight excluding hydrogens is 228 g/mol. The summed E-state index contributed by atoms with van der Waals surface area (Å²) in [6, 6.07) is 0. The maximum Gasteiger partial charge on any atom is 0.678 e. The van der Waals surface area contributed by atoms with Gasteiger partial charge >= 0.3 is 9.05 Å². The third kappa shape index (κ3) is 4.90. The zero-order valence-corrected chi connectivity index (χ0v) is 11.4. The highest BCUT2D eigenvalue weighted by Crippen LogP contribution is 2.17. The number of ether oxygens (including phenoxy) is 1. The lowest BCUT2D eigenvalue weighted by molar-refractivity contribution is 0.00502. The van der Waals surface area contributed by atoms with Crippen molar-refractivity contribution >= 4 is 9.05 Å². The molecular formula is C10H22O5Si.